The summed E-state index contributed by atoms with van der Waals surface area (Å²) in [5.41, 5.74) is 6.52. The van der Waals surface area contributed by atoms with Crippen LogP contribution in [-0.2, 0) is 12.8 Å². The quantitative estimate of drug-likeness (QED) is 0.652. The minimum atomic E-state index is 0.154. The number of nitrogens with one attached hydrogen (secondary N) is 1. The fraction of sp³-hybridized carbons (Fsp3) is 0.267. The number of aryl methyl sites for hydroxylation is 1. The first-order valence-electron chi connectivity index (χ1n) is 6.29. The van der Waals surface area contributed by atoms with Gasteiger partial charge < -0.3 is 0 Å². The topological polar surface area (TPSA) is 50.9 Å². The first-order chi connectivity index (χ1) is 9.20. The van der Waals surface area contributed by atoms with E-state index in [0.717, 1.165) is 18.4 Å². The third kappa shape index (κ3) is 3.77. The third-order valence-electron chi connectivity index (χ3n) is 3.29. The minimum Gasteiger partial charge on any atom is -0.271 e. The molecule has 0 bridgehead atoms. The van der Waals surface area contributed by atoms with Gasteiger partial charge in [-0.05, 0) is 42.5 Å². The molecule has 0 spiro atoms. The summed E-state index contributed by atoms with van der Waals surface area (Å²) in [6.45, 7) is 2.11. The van der Waals surface area contributed by atoms with E-state index in [0.29, 0.717) is 5.02 Å². The number of pyridine rings is 1. The fourth-order valence-corrected chi connectivity index (χ4v) is 2.33. The van der Waals surface area contributed by atoms with Crippen LogP contribution in [0.15, 0.2) is 42.7 Å². The van der Waals surface area contributed by atoms with Gasteiger partial charge in [0.25, 0.3) is 0 Å². The van der Waals surface area contributed by atoms with Crippen molar-refractivity contribution in [3.8, 4) is 0 Å². The summed E-state index contributed by atoms with van der Waals surface area (Å²) in [5.74, 6) is 5.66. The highest BCUT2D eigenvalue weighted by molar-refractivity contribution is 6.31. The number of hydrogen-bond donors (Lipinski definition) is 2. The van der Waals surface area contributed by atoms with Crippen LogP contribution in [0.1, 0.15) is 16.7 Å². The predicted octanol–water partition coefficient (Wildman–Crippen LogP) is 2.66. The van der Waals surface area contributed by atoms with Crippen molar-refractivity contribution in [2.24, 2.45) is 5.84 Å². The molecule has 0 saturated carbocycles. The molecule has 0 amide bonds. The predicted molar refractivity (Wildman–Crippen MR) is 78.9 cm³/mol. The first-order valence-corrected chi connectivity index (χ1v) is 6.67. The Morgan fingerprint density at radius 3 is 2.63 bits per heavy atom. The molecule has 0 aliphatic heterocycles. The monoisotopic (exact) mass is 275 g/mol. The van der Waals surface area contributed by atoms with E-state index in [1.165, 1.54) is 11.1 Å². The maximum absolute atomic E-state index is 6.13. The van der Waals surface area contributed by atoms with Crippen LogP contribution in [0.25, 0.3) is 0 Å². The van der Waals surface area contributed by atoms with E-state index in [2.05, 4.69) is 35.5 Å². The van der Waals surface area contributed by atoms with Gasteiger partial charge in [0, 0.05) is 18.4 Å². The molecule has 3 N–H and O–H groups in total. The second-order valence-electron chi connectivity index (χ2n) is 4.67. The zero-order valence-electron chi connectivity index (χ0n) is 10.9. The van der Waals surface area contributed by atoms with Crippen LogP contribution < -0.4 is 11.3 Å². The lowest BCUT2D eigenvalue weighted by Gasteiger charge is -2.17. The maximum Gasteiger partial charge on any atom is 0.0621 e. The smallest absolute Gasteiger partial charge is 0.0621 e. The molecule has 1 aromatic carbocycles. The summed E-state index contributed by atoms with van der Waals surface area (Å²) in [5, 5.41) is 0.688. The van der Waals surface area contributed by atoms with Gasteiger partial charge in [0.15, 0.2) is 0 Å². The van der Waals surface area contributed by atoms with Crippen molar-refractivity contribution in [1.82, 2.24) is 10.4 Å². The highest BCUT2D eigenvalue weighted by Gasteiger charge is 2.12. The fourth-order valence-electron chi connectivity index (χ4n) is 2.13. The van der Waals surface area contributed by atoms with Gasteiger partial charge in [0.05, 0.1) is 5.02 Å². The van der Waals surface area contributed by atoms with Gasteiger partial charge >= 0.3 is 0 Å². The molecule has 19 heavy (non-hydrogen) atoms. The average Bonchev–Trinajstić information content (AvgIpc) is 2.42. The summed E-state index contributed by atoms with van der Waals surface area (Å²) in [6, 6.07) is 10.4. The molecule has 2 rings (SSSR count). The number of nitrogens with zero attached hydrogens (tertiary/aromatic N) is 1. The van der Waals surface area contributed by atoms with Gasteiger partial charge in [0.2, 0.25) is 0 Å². The van der Waals surface area contributed by atoms with E-state index >= 15 is 0 Å². The molecule has 0 aliphatic carbocycles. The van der Waals surface area contributed by atoms with Gasteiger partial charge in [-0.25, -0.2) is 0 Å². The normalized spacial score (nSPS) is 12.4. The van der Waals surface area contributed by atoms with Crippen LogP contribution in [0.4, 0.5) is 0 Å². The standard InChI is InChI=1S/C15H18ClN3/c1-11-4-2-3-5-12(11)8-14(19-17)9-13-6-7-18-10-15(13)16/h2-7,10,14,19H,8-9,17H2,1H3. The molecule has 2 aromatic rings. The molecular formula is C15H18ClN3. The lowest BCUT2D eigenvalue weighted by Crippen LogP contribution is -2.38. The number of hydrogen-bond acceptors (Lipinski definition) is 3. The van der Waals surface area contributed by atoms with E-state index in [1.807, 2.05) is 12.1 Å². The number of halogens is 1. The van der Waals surface area contributed by atoms with Crippen molar-refractivity contribution in [1.29, 1.82) is 0 Å². The molecule has 0 radical (unpaired) electrons. The maximum atomic E-state index is 6.13. The van der Waals surface area contributed by atoms with Crippen LogP contribution in [0.5, 0.6) is 0 Å². The van der Waals surface area contributed by atoms with Crippen molar-refractivity contribution in [3.63, 3.8) is 0 Å². The largest absolute Gasteiger partial charge is 0.271 e. The van der Waals surface area contributed by atoms with Crippen molar-refractivity contribution in [2.75, 3.05) is 0 Å². The van der Waals surface area contributed by atoms with Crippen LogP contribution in [0.3, 0.4) is 0 Å². The second-order valence-corrected chi connectivity index (χ2v) is 5.07. The summed E-state index contributed by atoms with van der Waals surface area (Å²) in [7, 11) is 0. The van der Waals surface area contributed by atoms with E-state index in [9.17, 15) is 0 Å². The number of hydrazine groups is 1. The summed E-state index contributed by atoms with van der Waals surface area (Å²) >= 11 is 6.13. The number of benzene rings is 1. The second kappa shape index (κ2) is 6.66. The Bertz CT molecular complexity index is 495. The molecule has 100 valence electrons. The van der Waals surface area contributed by atoms with Gasteiger partial charge in [0.1, 0.15) is 0 Å². The Morgan fingerprint density at radius 1 is 1.21 bits per heavy atom. The lowest BCUT2D eigenvalue weighted by atomic mass is 9.97. The molecule has 0 saturated heterocycles. The van der Waals surface area contributed by atoms with Crippen molar-refractivity contribution in [2.45, 2.75) is 25.8 Å². The molecule has 1 unspecified atom stereocenters. The van der Waals surface area contributed by atoms with Crippen molar-refractivity contribution < 1.29 is 0 Å². The molecular weight excluding hydrogens is 258 g/mol. The van der Waals surface area contributed by atoms with Crippen LogP contribution in [0, 0.1) is 6.92 Å². The molecule has 0 aliphatic rings. The third-order valence-corrected chi connectivity index (χ3v) is 3.63. The van der Waals surface area contributed by atoms with Crippen LogP contribution in [-0.4, -0.2) is 11.0 Å². The molecule has 1 heterocycles. The molecule has 3 nitrogen and oxygen atoms in total. The van der Waals surface area contributed by atoms with Crippen LogP contribution in [0.2, 0.25) is 5.02 Å². The number of nitrogens with two attached hydrogens (primary N) is 1. The van der Waals surface area contributed by atoms with Crippen molar-refractivity contribution in [3.05, 3.63) is 64.4 Å². The first kappa shape index (κ1) is 14.0. The average molecular weight is 276 g/mol. The molecule has 1 aromatic heterocycles. The summed E-state index contributed by atoms with van der Waals surface area (Å²) < 4.78 is 0. The Kier molecular flexibility index (Phi) is 4.91. The highest BCUT2D eigenvalue weighted by atomic mass is 35.5. The summed E-state index contributed by atoms with van der Waals surface area (Å²) in [4.78, 5) is 3.99. The van der Waals surface area contributed by atoms with E-state index < -0.39 is 0 Å². The lowest BCUT2D eigenvalue weighted by molar-refractivity contribution is 0.521. The molecule has 4 heteroatoms. The van der Waals surface area contributed by atoms with Gasteiger partial charge in [-0.3, -0.25) is 16.3 Å². The zero-order valence-corrected chi connectivity index (χ0v) is 11.7. The molecule has 1 atom stereocenters. The van der Waals surface area contributed by atoms with Gasteiger partial charge in [-0.2, -0.15) is 0 Å². The van der Waals surface area contributed by atoms with E-state index in [-0.39, 0.29) is 6.04 Å². The number of rotatable bonds is 5. The Labute approximate surface area is 118 Å². The van der Waals surface area contributed by atoms with E-state index in [1.54, 1.807) is 12.4 Å². The highest BCUT2D eigenvalue weighted by Crippen LogP contribution is 2.17. The molecule has 0 fully saturated rings. The Morgan fingerprint density at radius 2 is 1.95 bits per heavy atom. The Hall–Kier alpha value is -1.42. The van der Waals surface area contributed by atoms with Crippen LogP contribution >= 0.6 is 11.6 Å². The summed E-state index contributed by atoms with van der Waals surface area (Å²) in [6.07, 6.45) is 5.08. The van der Waals surface area contributed by atoms with Gasteiger partial charge in [-0.1, -0.05) is 35.9 Å². The zero-order chi connectivity index (χ0) is 13.7. The van der Waals surface area contributed by atoms with Crippen molar-refractivity contribution >= 4 is 11.6 Å². The Balaban J connectivity index is 2.09. The van der Waals surface area contributed by atoms with Gasteiger partial charge in [-0.15, -0.1) is 0 Å². The SMILES string of the molecule is Cc1ccccc1CC(Cc1ccncc1Cl)NN. The van der Waals surface area contributed by atoms with E-state index in [4.69, 9.17) is 17.4 Å². The minimum absolute atomic E-state index is 0.154. The number of aromatic nitrogens is 1.